The van der Waals surface area contributed by atoms with E-state index in [2.05, 4.69) is 15.2 Å². The highest BCUT2D eigenvalue weighted by Gasteiger charge is 1.96. The summed E-state index contributed by atoms with van der Waals surface area (Å²) in [7, 11) is 0. The predicted octanol–water partition coefficient (Wildman–Crippen LogP) is 2.29. The predicted molar refractivity (Wildman–Crippen MR) is 50.0 cm³/mol. The molecule has 0 saturated carbocycles. The topological polar surface area (TPSA) is 41.6 Å². The van der Waals surface area contributed by atoms with Gasteiger partial charge in [-0.25, -0.2) is 0 Å². The van der Waals surface area contributed by atoms with Gasteiger partial charge in [0, 0.05) is 11.6 Å². The molecule has 0 aliphatic rings. The van der Waals surface area contributed by atoms with Gasteiger partial charge >= 0.3 is 0 Å². The van der Waals surface area contributed by atoms with Crippen LogP contribution in [0.1, 0.15) is 19.4 Å². The van der Waals surface area contributed by atoms with Gasteiger partial charge in [0.2, 0.25) is 0 Å². The van der Waals surface area contributed by atoms with Crippen molar-refractivity contribution in [2.75, 3.05) is 0 Å². The Morgan fingerprint density at radius 3 is 2.58 bits per heavy atom. The lowest BCUT2D eigenvalue weighted by Gasteiger charge is -1.89. The number of nitrogens with zero attached hydrogens (tertiary/aromatic N) is 2. The van der Waals surface area contributed by atoms with Crippen LogP contribution >= 0.6 is 0 Å². The molecule has 2 aromatic rings. The average molecular weight is 163 g/mol. The Morgan fingerprint density at radius 2 is 1.92 bits per heavy atom. The summed E-state index contributed by atoms with van der Waals surface area (Å²) in [6.07, 6.45) is 5.42. The zero-order valence-corrected chi connectivity index (χ0v) is 7.63. The zero-order valence-electron chi connectivity index (χ0n) is 7.63. The molecule has 3 nitrogen and oxygen atoms in total. The molecule has 0 spiro atoms. The molecule has 0 radical (unpaired) electrons. The number of nitrogens with one attached hydrogen (secondary N) is 1. The maximum absolute atomic E-state index is 4.01. The molecule has 0 unspecified atom stereocenters. The summed E-state index contributed by atoms with van der Waals surface area (Å²) < 4.78 is 0. The van der Waals surface area contributed by atoms with Gasteiger partial charge in [0.05, 0.1) is 17.9 Å². The van der Waals surface area contributed by atoms with Crippen molar-refractivity contribution in [1.82, 2.24) is 15.2 Å². The Bertz CT molecular complexity index is 351. The van der Waals surface area contributed by atoms with Crippen LogP contribution in [0.2, 0.25) is 0 Å². The van der Waals surface area contributed by atoms with E-state index in [1.807, 2.05) is 33.2 Å². The van der Waals surface area contributed by atoms with E-state index in [-0.39, 0.29) is 0 Å². The summed E-state index contributed by atoms with van der Waals surface area (Å²) in [6, 6.07) is 0. The lowest BCUT2D eigenvalue weighted by molar-refractivity contribution is 1.11. The minimum Gasteiger partial charge on any atom is -0.276 e. The number of aromatic amines is 1. The second kappa shape index (κ2) is 3.85. The van der Waals surface area contributed by atoms with E-state index in [1.165, 1.54) is 0 Å². The summed E-state index contributed by atoms with van der Waals surface area (Å²) in [4.78, 5) is 4.01. The maximum Gasteiger partial charge on any atom is 0.0836 e. The van der Waals surface area contributed by atoms with Crippen LogP contribution in [0.15, 0.2) is 18.6 Å². The third-order valence-electron chi connectivity index (χ3n) is 1.57. The Balaban J connectivity index is 0.000000336. The number of aromatic nitrogens is 3. The molecule has 0 aliphatic carbocycles. The van der Waals surface area contributed by atoms with E-state index >= 15 is 0 Å². The standard InChI is InChI=1S/C7H7N3.C2H6/c1-5-2-8-4-7-6(5)3-9-10-7;1-2/h2-4H,1H3,(H,9,10);1-2H3. The minimum atomic E-state index is 1.00. The monoisotopic (exact) mass is 163 g/mol. The van der Waals surface area contributed by atoms with Crippen LogP contribution in [0.5, 0.6) is 0 Å². The number of fused-ring (bicyclic) bond motifs is 1. The molecule has 2 aromatic heterocycles. The van der Waals surface area contributed by atoms with Gasteiger partial charge in [-0.15, -0.1) is 0 Å². The van der Waals surface area contributed by atoms with Crippen LogP contribution < -0.4 is 0 Å². The Kier molecular flexibility index (Phi) is 2.80. The smallest absolute Gasteiger partial charge is 0.0836 e. The number of hydrogen-bond donors (Lipinski definition) is 1. The van der Waals surface area contributed by atoms with Crippen molar-refractivity contribution in [3.05, 3.63) is 24.2 Å². The first-order chi connectivity index (χ1) is 5.88. The molecule has 12 heavy (non-hydrogen) atoms. The van der Waals surface area contributed by atoms with Gasteiger partial charge in [-0.1, -0.05) is 13.8 Å². The fourth-order valence-corrected chi connectivity index (χ4v) is 1.00. The highest BCUT2D eigenvalue weighted by atomic mass is 15.1. The fourth-order valence-electron chi connectivity index (χ4n) is 1.00. The molecule has 0 saturated heterocycles. The van der Waals surface area contributed by atoms with E-state index in [1.54, 1.807) is 6.20 Å². The van der Waals surface area contributed by atoms with E-state index in [0.717, 1.165) is 16.5 Å². The molecule has 0 amide bonds. The quantitative estimate of drug-likeness (QED) is 0.647. The zero-order chi connectivity index (χ0) is 8.97. The summed E-state index contributed by atoms with van der Waals surface area (Å²) in [5, 5.41) is 7.89. The fraction of sp³-hybridized carbons (Fsp3) is 0.333. The third kappa shape index (κ3) is 1.44. The van der Waals surface area contributed by atoms with E-state index in [0.29, 0.717) is 0 Å². The molecule has 64 valence electrons. The van der Waals surface area contributed by atoms with Crippen LogP contribution in [0.25, 0.3) is 10.9 Å². The van der Waals surface area contributed by atoms with Gasteiger partial charge in [0.1, 0.15) is 0 Å². The summed E-state index contributed by atoms with van der Waals surface area (Å²) in [5.74, 6) is 0. The first-order valence-corrected chi connectivity index (χ1v) is 4.11. The first kappa shape index (κ1) is 8.71. The number of pyridine rings is 1. The lowest BCUT2D eigenvalue weighted by Crippen LogP contribution is -1.76. The van der Waals surface area contributed by atoms with E-state index in [4.69, 9.17) is 0 Å². The van der Waals surface area contributed by atoms with Crippen molar-refractivity contribution >= 4 is 10.9 Å². The van der Waals surface area contributed by atoms with E-state index < -0.39 is 0 Å². The highest BCUT2D eigenvalue weighted by molar-refractivity contribution is 5.79. The second-order valence-electron chi connectivity index (χ2n) is 2.29. The molecule has 2 rings (SSSR count). The highest BCUT2D eigenvalue weighted by Crippen LogP contribution is 2.11. The Labute approximate surface area is 71.8 Å². The third-order valence-corrected chi connectivity index (χ3v) is 1.57. The molecular formula is C9H13N3. The van der Waals surface area contributed by atoms with Gasteiger partial charge in [-0.3, -0.25) is 10.1 Å². The van der Waals surface area contributed by atoms with Crippen molar-refractivity contribution in [2.45, 2.75) is 20.8 Å². The number of hydrogen-bond acceptors (Lipinski definition) is 2. The largest absolute Gasteiger partial charge is 0.276 e. The summed E-state index contributed by atoms with van der Waals surface area (Å²) in [5.41, 5.74) is 2.16. The normalized spacial score (nSPS) is 9.25. The molecule has 3 heteroatoms. The van der Waals surface area contributed by atoms with Crippen LogP contribution in [-0.2, 0) is 0 Å². The van der Waals surface area contributed by atoms with Crippen LogP contribution in [0.4, 0.5) is 0 Å². The Morgan fingerprint density at radius 1 is 1.17 bits per heavy atom. The van der Waals surface area contributed by atoms with E-state index in [9.17, 15) is 0 Å². The van der Waals surface area contributed by atoms with Gasteiger partial charge in [-0.2, -0.15) is 5.10 Å². The molecule has 1 N–H and O–H groups in total. The van der Waals surface area contributed by atoms with Crippen molar-refractivity contribution in [3.63, 3.8) is 0 Å². The summed E-state index contributed by atoms with van der Waals surface area (Å²) in [6.45, 7) is 6.02. The van der Waals surface area contributed by atoms with Gasteiger partial charge < -0.3 is 0 Å². The second-order valence-corrected chi connectivity index (χ2v) is 2.29. The molecule has 0 atom stereocenters. The lowest BCUT2D eigenvalue weighted by atomic mass is 10.2. The number of H-pyrrole nitrogens is 1. The molecule has 0 aliphatic heterocycles. The van der Waals surface area contributed by atoms with Crippen molar-refractivity contribution in [2.24, 2.45) is 0 Å². The molecule has 2 heterocycles. The number of aryl methyl sites for hydroxylation is 1. The van der Waals surface area contributed by atoms with Crippen LogP contribution in [-0.4, -0.2) is 15.2 Å². The van der Waals surface area contributed by atoms with Gasteiger partial charge in [-0.05, 0) is 12.5 Å². The van der Waals surface area contributed by atoms with Crippen LogP contribution in [0.3, 0.4) is 0 Å². The number of rotatable bonds is 0. The van der Waals surface area contributed by atoms with Gasteiger partial charge in [0.25, 0.3) is 0 Å². The maximum atomic E-state index is 4.01. The van der Waals surface area contributed by atoms with Crippen molar-refractivity contribution in [3.8, 4) is 0 Å². The van der Waals surface area contributed by atoms with Crippen molar-refractivity contribution < 1.29 is 0 Å². The minimum absolute atomic E-state index is 1.00. The SMILES string of the molecule is CC.Cc1cncc2[nH]ncc12. The summed E-state index contributed by atoms with van der Waals surface area (Å²) >= 11 is 0. The molecular weight excluding hydrogens is 150 g/mol. The van der Waals surface area contributed by atoms with Gasteiger partial charge in [0.15, 0.2) is 0 Å². The Hall–Kier alpha value is -1.38. The molecule has 0 fully saturated rings. The van der Waals surface area contributed by atoms with Crippen molar-refractivity contribution in [1.29, 1.82) is 0 Å². The van der Waals surface area contributed by atoms with Crippen LogP contribution in [0, 0.1) is 6.92 Å². The molecule has 0 aromatic carbocycles. The first-order valence-electron chi connectivity index (χ1n) is 4.11. The average Bonchev–Trinajstić information content (AvgIpc) is 2.57. The molecule has 0 bridgehead atoms.